The lowest BCUT2D eigenvalue weighted by Gasteiger charge is -2.09. The van der Waals surface area contributed by atoms with Gasteiger partial charge in [-0.3, -0.25) is 10.1 Å². The van der Waals surface area contributed by atoms with E-state index in [1.807, 2.05) is 30.4 Å². The van der Waals surface area contributed by atoms with Gasteiger partial charge in [0.15, 0.2) is 0 Å². The van der Waals surface area contributed by atoms with Crippen LogP contribution in [0.15, 0.2) is 48.6 Å². The third-order valence-electron chi connectivity index (χ3n) is 3.48. The maximum Gasteiger partial charge on any atom is 0.303 e. The fraction of sp³-hybridized carbons (Fsp3) is 0.550. The van der Waals surface area contributed by atoms with Crippen molar-refractivity contribution in [3.63, 3.8) is 0 Å². The van der Waals surface area contributed by atoms with Gasteiger partial charge in [0.2, 0.25) is 0 Å². The van der Waals surface area contributed by atoms with Gasteiger partial charge in [0.25, 0.3) is 0 Å². The third-order valence-corrected chi connectivity index (χ3v) is 3.48. The topological polar surface area (TPSA) is 66.8 Å². The summed E-state index contributed by atoms with van der Waals surface area (Å²) in [6, 6.07) is 0. The molecule has 0 fully saturated rings. The molecule has 0 heterocycles. The van der Waals surface area contributed by atoms with E-state index < -0.39 is 5.97 Å². The Labute approximate surface area is 146 Å². The van der Waals surface area contributed by atoms with E-state index in [9.17, 15) is 4.79 Å². The Morgan fingerprint density at radius 3 is 2.42 bits per heavy atom. The lowest BCUT2D eigenvalue weighted by molar-refractivity contribution is -0.278. The quantitative estimate of drug-likeness (QED) is 0.133. The predicted octanol–water partition coefficient (Wildman–Crippen LogP) is 5.68. The van der Waals surface area contributed by atoms with Gasteiger partial charge in [-0.25, -0.2) is 4.89 Å². The van der Waals surface area contributed by atoms with Gasteiger partial charge in [-0.1, -0.05) is 68.4 Å². The van der Waals surface area contributed by atoms with Crippen LogP contribution in [-0.2, 0) is 9.68 Å². The summed E-state index contributed by atoms with van der Waals surface area (Å²) in [5, 5.41) is 17.3. The summed E-state index contributed by atoms with van der Waals surface area (Å²) in [7, 11) is 0. The van der Waals surface area contributed by atoms with Gasteiger partial charge in [-0.2, -0.15) is 0 Å². The van der Waals surface area contributed by atoms with Crippen LogP contribution in [0.4, 0.5) is 0 Å². The molecule has 0 aliphatic heterocycles. The number of carboxylic acids is 1. The molecule has 2 N–H and O–H groups in total. The molecule has 0 aliphatic rings. The maximum atomic E-state index is 10.4. The molecule has 0 unspecified atom stereocenters. The number of aliphatic carboxylic acids is 1. The number of carboxylic acid groups (broad SMARTS) is 1. The van der Waals surface area contributed by atoms with Crippen molar-refractivity contribution in [3.05, 3.63) is 48.6 Å². The van der Waals surface area contributed by atoms with Gasteiger partial charge in [-0.05, 0) is 38.5 Å². The first-order chi connectivity index (χ1) is 11.7. The minimum atomic E-state index is -0.826. The van der Waals surface area contributed by atoms with E-state index in [1.165, 1.54) is 25.7 Å². The first-order valence-electron chi connectivity index (χ1n) is 8.86. The highest BCUT2D eigenvalue weighted by Gasteiger charge is 2.07. The zero-order chi connectivity index (χ0) is 17.9. The molecule has 4 heteroatoms. The average Bonchev–Trinajstić information content (AvgIpc) is 2.57. The van der Waals surface area contributed by atoms with Crippen molar-refractivity contribution < 1.29 is 20.0 Å². The summed E-state index contributed by atoms with van der Waals surface area (Å²) in [6.45, 7) is 2.21. The van der Waals surface area contributed by atoms with Crippen molar-refractivity contribution in [1.29, 1.82) is 0 Å². The Morgan fingerprint density at radius 1 is 1.00 bits per heavy atom. The lowest BCUT2D eigenvalue weighted by atomic mass is 10.1. The van der Waals surface area contributed by atoms with Crippen LogP contribution in [0.25, 0.3) is 0 Å². The van der Waals surface area contributed by atoms with Crippen LogP contribution >= 0.6 is 0 Å². The molecule has 0 bridgehead atoms. The van der Waals surface area contributed by atoms with Crippen molar-refractivity contribution in [2.45, 2.75) is 70.8 Å². The van der Waals surface area contributed by atoms with Crippen LogP contribution in [0.3, 0.4) is 0 Å². The Morgan fingerprint density at radius 2 is 1.75 bits per heavy atom. The summed E-state index contributed by atoms with van der Waals surface area (Å²) < 4.78 is 0. The molecule has 136 valence electrons. The van der Waals surface area contributed by atoms with Gasteiger partial charge >= 0.3 is 5.97 Å². The molecule has 0 radical (unpaired) electrons. The minimum Gasteiger partial charge on any atom is -0.481 e. The fourth-order valence-corrected chi connectivity index (χ4v) is 2.09. The molecule has 0 aliphatic carbocycles. The van der Waals surface area contributed by atoms with Crippen molar-refractivity contribution in [2.75, 3.05) is 0 Å². The molecule has 0 rings (SSSR count). The van der Waals surface area contributed by atoms with Crippen LogP contribution in [0, 0.1) is 0 Å². The van der Waals surface area contributed by atoms with Gasteiger partial charge in [0.1, 0.15) is 0 Å². The monoisotopic (exact) mass is 336 g/mol. The molecule has 0 spiro atoms. The standard InChI is InChI=1S/C20H32O4/c1-2-3-4-5-6-7-8-9-10-11-12-13-14-16-19(24-23)17-15-18-20(21)22/h6-7,9-14,19,23H,2-5,8,15-18H2,1H3,(H,21,22)/b7-6-,10-9-,12-11-,14-13+/t19-/m1/s1. The van der Waals surface area contributed by atoms with Crippen LogP contribution in [0.5, 0.6) is 0 Å². The summed E-state index contributed by atoms with van der Waals surface area (Å²) >= 11 is 0. The normalized spacial score (nSPS) is 13.8. The fourth-order valence-electron chi connectivity index (χ4n) is 2.09. The molecule has 0 aromatic heterocycles. The predicted molar refractivity (Wildman–Crippen MR) is 98.9 cm³/mol. The van der Waals surface area contributed by atoms with E-state index in [-0.39, 0.29) is 12.5 Å². The maximum absolute atomic E-state index is 10.4. The summed E-state index contributed by atoms with van der Waals surface area (Å²) in [5.41, 5.74) is 0. The zero-order valence-electron chi connectivity index (χ0n) is 14.8. The highest BCUT2D eigenvalue weighted by Crippen LogP contribution is 2.08. The largest absolute Gasteiger partial charge is 0.481 e. The number of allylic oxidation sites excluding steroid dienone is 7. The van der Waals surface area contributed by atoms with Crippen LogP contribution in [0.2, 0.25) is 0 Å². The van der Waals surface area contributed by atoms with Crippen molar-refractivity contribution in [1.82, 2.24) is 0 Å². The minimum absolute atomic E-state index is 0.0985. The SMILES string of the molecule is CCCCC/C=C\C\C=C/C=C\C=C\C[C@H](CCCC(=O)O)OO. The second kappa shape index (κ2) is 17.7. The Bertz CT molecular complexity index is 408. The van der Waals surface area contributed by atoms with Crippen molar-refractivity contribution >= 4 is 5.97 Å². The van der Waals surface area contributed by atoms with E-state index in [0.29, 0.717) is 19.3 Å². The first kappa shape index (κ1) is 22.4. The number of rotatable bonds is 15. The molecular formula is C20H32O4. The van der Waals surface area contributed by atoms with Gasteiger partial charge < -0.3 is 5.11 Å². The number of unbranched alkanes of at least 4 members (excludes halogenated alkanes) is 3. The van der Waals surface area contributed by atoms with E-state index in [4.69, 9.17) is 10.4 Å². The summed E-state index contributed by atoms with van der Waals surface area (Å²) in [5.74, 6) is -0.826. The highest BCUT2D eigenvalue weighted by molar-refractivity contribution is 5.66. The van der Waals surface area contributed by atoms with E-state index in [2.05, 4.69) is 30.0 Å². The Kier molecular flexibility index (Phi) is 16.5. The molecule has 0 aromatic rings. The third kappa shape index (κ3) is 16.7. The average molecular weight is 336 g/mol. The van der Waals surface area contributed by atoms with E-state index in [0.717, 1.165) is 6.42 Å². The Hall–Kier alpha value is -1.65. The van der Waals surface area contributed by atoms with Gasteiger partial charge in [-0.15, -0.1) is 0 Å². The molecule has 0 aromatic carbocycles. The van der Waals surface area contributed by atoms with Gasteiger partial charge in [0, 0.05) is 6.42 Å². The molecule has 1 atom stereocenters. The molecule has 0 amide bonds. The molecule has 0 saturated heterocycles. The van der Waals surface area contributed by atoms with Crippen LogP contribution in [0.1, 0.15) is 64.7 Å². The van der Waals surface area contributed by atoms with E-state index >= 15 is 0 Å². The second-order valence-corrected chi connectivity index (χ2v) is 5.69. The highest BCUT2D eigenvalue weighted by atomic mass is 17.1. The van der Waals surface area contributed by atoms with Crippen molar-refractivity contribution in [2.24, 2.45) is 0 Å². The number of hydrogen-bond donors (Lipinski definition) is 2. The van der Waals surface area contributed by atoms with Crippen LogP contribution in [-0.4, -0.2) is 22.4 Å². The zero-order valence-corrected chi connectivity index (χ0v) is 14.8. The number of hydrogen-bond acceptors (Lipinski definition) is 3. The Balaban J connectivity index is 3.74. The van der Waals surface area contributed by atoms with Crippen LogP contribution < -0.4 is 0 Å². The second-order valence-electron chi connectivity index (χ2n) is 5.69. The van der Waals surface area contributed by atoms with Gasteiger partial charge in [0.05, 0.1) is 6.10 Å². The lowest BCUT2D eigenvalue weighted by Crippen LogP contribution is -2.10. The molecule has 4 nitrogen and oxygen atoms in total. The molecule has 0 saturated carbocycles. The summed E-state index contributed by atoms with van der Waals surface area (Å²) in [6.07, 6.45) is 23.5. The number of carbonyl (C=O) groups is 1. The molecular weight excluding hydrogens is 304 g/mol. The van der Waals surface area contributed by atoms with E-state index in [1.54, 1.807) is 0 Å². The summed E-state index contributed by atoms with van der Waals surface area (Å²) in [4.78, 5) is 14.8. The smallest absolute Gasteiger partial charge is 0.303 e. The van der Waals surface area contributed by atoms with Crippen molar-refractivity contribution in [3.8, 4) is 0 Å². The first-order valence-corrected chi connectivity index (χ1v) is 8.86. The molecule has 24 heavy (non-hydrogen) atoms.